The van der Waals surface area contributed by atoms with Gasteiger partial charge in [-0.2, -0.15) is 5.10 Å². The van der Waals surface area contributed by atoms with E-state index in [1.54, 1.807) is 11.6 Å². The van der Waals surface area contributed by atoms with Gasteiger partial charge in [-0.3, -0.25) is 4.68 Å². The molecule has 1 heterocycles. The largest absolute Gasteiger partial charge is 0.478 e. The van der Waals surface area contributed by atoms with Gasteiger partial charge in [0.2, 0.25) is 0 Å². The van der Waals surface area contributed by atoms with Gasteiger partial charge in [-0.1, -0.05) is 0 Å². The maximum Gasteiger partial charge on any atom is 0.328 e. The number of carboxylic acid groups (broad SMARTS) is 1. The molecule has 13 heavy (non-hydrogen) atoms. The van der Waals surface area contributed by atoms with E-state index in [9.17, 15) is 4.79 Å². The van der Waals surface area contributed by atoms with E-state index in [-0.39, 0.29) is 0 Å². The minimum Gasteiger partial charge on any atom is -0.478 e. The minimum atomic E-state index is -0.915. The summed E-state index contributed by atoms with van der Waals surface area (Å²) in [7, 11) is 0. The zero-order chi connectivity index (χ0) is 9.84. The van der Waals surface area contributed by atoms with Gasteiger partial charge in [0.25, 0.3) is 0 Å². The summed E-state index contributed by atoms with van der Waals surface area (Å²) in [5, 5.41) is 12.6. The van der Waals surface area contributed by atoms with Crippen LogP contribution in [0.5, 0.6) is 0 Å². The highest BCUT2D eigenvalue weighted by molar-refractivity contribution is 5.80. The monoisotopic (exact) mass is 180 g/mol. The van der Waals surface area contributed by atoms with Crippen LogP contribution in [0.3, 0.4) is 0 Å². The highest BCUT2D eigenvalue weighted by atomic mass is 16.4. The van der Waals surface area contributed by atoms with Crippen molar-refractivity contribution in [3.05, 3.63) is 29.6 Å². The van der Waals surface area contributed by atoms with Gasteiger partial charge in [0.1, 0.15) is 0 Å². The van der Waals surface area contributed by atoms with Crippen molar-refractivity contribution in [2.45, 2.75) is 20.4 Å². The number of carbonyl (C=O) groups is 1. The summed E-state index contributed by atoms with van der Waals surface area (Å²) >= 11 is 0. The van der Waals surface area contributed by atoms with Gasteiger partial charge in [0, 0.05) is 12.3 Å². The Morgan fingerprint density at radius 1 is 1.77 bits per heavy atom. The fourth-order valence-electron chi connectivity index (χ4n) is 1.06. The average Bonchev–Trinajstić information content (AvgIpc) is 2.33. The zero-order valence-electron chi connectivity index (χ0n) is 7.69. The predicted molar refractivity (Wildman–Crippen MR) is 48.4 cm³/mol. The Kier molecular flexibility index (Phi) is 2.84. The maximum atomic E-state index is 10.3. The molecule has 1 aromatic rings. The van der Waals surface area contributed by atoms with Crippen molar-refractivity contribution in [1.29, 1.82) is 0 Å². The van der Waals surface area contributed by atoms with Crippen LogP contribution in [0, 0.1) is 6.92 Å². The molecule has 4 heteroatoms. The predicted octanol–water partition coefficient (Wildman–Crippen LogP) is 1.22. The third kappa shape index (κ3) is 3.11. The summed E-state index contributed by atoms with van der Waals surface area (Å²) < 4.78 is 1.71. The van der Waals surface area contributed by atoms with Crippen LogP contribution in [-0.2, 0) is 11.3 Å². The number of nitrogens with zero attached hydrogens (tertiary/aromatic N) is 2. The number of hydrogen-bond acceptors (Lipinski definition) is 2. The molecule has 70 valence electrons. The molecule has 0 unspecified atom stereocenters. The molecule has 0 spiro atoms. The van der Waals surface area contributed by atoms with Crippen molar-refractivity contribution in [3.8, 4) is 0 Å². The quantitative estimate of drug-likeness (QED) is 0.711. The summed E-state index contributed by atoms with van der Waals surface area (Å²) in [5.41, 5.74) is 1.71. The smallest absolute Gasteiger partial charge is 0.328 e. The molecule has 4 nitrogen and oxygen atoms in total. The lowest BCUT2D eigenvalue weighted by Gasteiger charge is -1.99. The molecule has 1 aromatic heterocycles. The SMILES string of the molecule is CC(=CC(=O)O)Cn1ccc(C)n1. The van der Waals surface area contributed by atoms with Crippen LogP contribution in [0.15, 0.2) is 23.9 Å². The Hall–Kier alpha value is -1.58. The van der Waals surface area contributed by atoms with Crippen LogP contribution < -0.4 is 0 Å². The summed E-state index contributed by atoms with van der Waals surface area (Å²) in [6, 6.07) is 1.88. The number of hydrogen-bond donors (Lipinski definition) is 1. The Bertz CT molecular complexity index is 339. The van der Waals surface area contributed by atoms with Crippen molar-refractivity contribution in [3.63, 3.8) is 0 Å². The van der Waals surface area contributed by atoms with Gasteiger partial charge in [-0.25, -0.2) is 4.79 Å². The van der Waals surface area contributed by atoms with E-state index in [0.29, 0.717) is 6.54 Å². The minimum absolute atomic E-state index is 0.528. The van der Waals surface area contributed by atoms with E-state index in [2.05, 4.69) is 5.10 Å². The first-order valence-corrected chi connectivity index (χ1v) is 3.98. The Morgan fingerprint density at radius 3 is 2.92 bits per heavy atom. The molecule has 0 aromatic carbocycles. The maximum absolute atomic E-state index is 10.3. The van der Waals surface area contributed by atoms with Gasteiger partial charge in [0.05, 0.1) is 12.2 Å². The molecule has 0 saturated carbocycles. The molecule has 1 N–H and O–H groups in total. The molecule has 0 atom stereocenters. The van der Waals surface area contributed by atoms with E-state index >= 15 is 0 Å². The highest BCUT2D eigenvalue weighted by Crippen LogP contribution is 1.99. The normalized spacial score (nSPS) is 11.7. The van der Waals surface area contributed by atoms with E-state index in [4.69, 9.17) is 5.11 Å². The summed E-state index contributed by atoms with van der Waals surface area (Å²) in [4.78, 5) is 10.3. The Labute approximate surface area is 76.5 Å². The Morgan fingerprint density at radius 2 is 2.46 bits per heavy atom. The second kappa shape index (κ2) is 3.89. The first-order chi connectivity index (χ1) is 6.08. The number of carboxylic acids is 1. The van der Waals surface area contributed by atoms with Gasteiger partial charge in [0.15, 0.2) is 0 Å². The third-order valence-electron chi connectivity index (χ3n) is 1.56. The first-order valence-electron chi connectivity index (χ1n) is 3.98. The van der Waals surface area contributed by atoms with Crippen LogP contribution in [-0.4, -0.2) is 20.9 Å². The topological polar surface area (TPSA) is 55.1 Å². The lowest BCUT2D eigenvalue weighted by Crippen LogP contribution is -2.01. The Balaban J connectivity index is 2.64. The molecule has 0 aliphatic carbocycles. The third-order valence-corrected chi connectivity index (χ3v) is 1.56. The molecule has 0 saturated heterocycles. The average molecular weight is 180 g/mol. The van der Waals surface area contributed by atoms with Crippen molar-refractivity contribution < 1.29 is 9.90 Å². The van der Waals surface area contributed by atoms with Crippen molar-refractivity contribution in [1.82, 2.24) is 9.78 Å². The molecule has 0 amide bonds. The van der Waals surface area contributed by atoms with E-state index in [0.717, 1.165) is 11.3 Å². The molecule has 0 bridgehead atoms. The van der Waals surface area contributed by atoms with Crippen molar-refractivity contribution in [2.24, 2.45) is 0 Å². The fourth-order valence-corrected chi connectivity index (χ4v) is 1.06. The number of aryl methyl sites for hydroxylation is 1. The summed E-state index contributed by atoms with van der Waals surface area (Å²) in [5.74, 6) is -0.915. The van der Waals surface area contributed by atoms with E-state index in [1.165, 1.54) is 6.08 Å². The van der Waals surface area contributed by atoms with Gasteiger partial charge >= 0.3 is 5.97 Å². The first kappa shape index (κ1) is 9.51. The second-order valence-electron chi connectivity index (χ2n) is 2.98. The molecular weight excluding hydrogens is 168 g/mol. The molecule has 0 aliphatic heterocycles. The second-order valence-corrected chi connectivity index (χ2v) is 2.98. The molecular formula is C9H12N2O2. The number of aromatic nitrogens is 2. The number of rotatable bonds is 3. The fraction of sp³-hybridized carbons (Fsp3) is 0.333. The van der Waals surface area contributed by atoms with E-state index in [1.807, 2.05) is 19.2 Å². The summed E-state index contributed by atoms with van der Waals surface area (Å²) in [6.45, 7) is 4.19. The number of allylic oxidation sites excluding steroid dienone is 1. The van der Waals surface area contributed by atoms with Crippen LogP contribution in [0.2, 0.25) is 0 Å². The number of aliphatic carboxylic acids is 1. The highest BCUT2D eigenvalue weighted by Gasteiger charge is 1.97. The lowest BCUT2D eigenvalue weighted by molar-refractivity contribution is -0.131. The van der Waals surface area contributed by atoms with Crippen LogP contribution >= 0.6 is 0 Å². The van der Waals surface area contributed by atoms with Crippen LogP contribution in [0.4, 0.5) is 0 Å². The molecule has 0 fully saturated rings. The van der Waals surface area contributed by atoms with E-state index < -0.39 is 5.97 Å². The summed E-state index contributed by atoms with van der Waals surface area (Å²) in [6.07, 6.45) is 3.02. The zero-order valence-corrected chi connectivity index (χ0v) is 7.69. The molecule has 0 radical (unpaired) electrons. The van der Waals surface area contributed by atoms with Crippen molar-refractivity contribution in [2.75, 3.05) is 0 Å². The van der Waals surface area contributed by atoms with Crippen LogP contribution in [0.25, 0.3) is 0 Å². The lowest BCUT2D eigenvalue weighted by atomic mass is 10.3. The van der Waals surface area contributed by atoms with Gasteiger partial charge in [-0.15, -0.1) is 0 Å². The molecule has 0 aliphatic rings. The molecule has 1 rings (SSSR count). The standard InChI is InChI=1S/C9H12N2O2/c1-7(5-9(12)13)6-11-4-3-8(2)10-11/h3-5H,6H2,1-2H3,(H,12,13). The van der Waals surface area contributed by atoms with Gasteiger partial charge in [-0.05, 0) is 25.5 Å². The van der Waals surface area contributed by atoms with Crippen LogP contribution in [0.1, 0.15) is 12.6 Å². The van der Waals surface area contributed by atoms with Crippen molar-refractivity contribution >= 4 is 5.97 Å². The van der Waals surface area contributed by atoms with Gasteiger partial charge < -0.3 is 5.11 Å².